The fraction of sp³-hybridized carbons (Fsp3) is 0.520. The van der Waals surface area contributed by atoms with Crippen molar-refractivity contribution < 1.29 is 38.1 Å². The van der Waals surface area contributed by atoms with Crippen molar-refractivity contribution in [2.75, 3.05) is 27.4 Å². The molecule has 0 spiro atoms. The van der Waals surface area contributed by atoms with Crippen molar-refractivity contribution in [3.8, 4) is 28.1 Å². The number of H-pyrrole nitrogens is 2. The molecule has 1 aliphatic carbocycles. The highest BCUT2D eigenvalue weighted by Gasteiger charge is 2.50. The standard InChI is InChI=1S/C50H60N8O8/c1-6-26(2)42(55-49(61)63-4)47(59)58-38-9-7-8-31(38)22-40(58)45-51-24-37(53-45)30-11-13-33-32(20-30)25-66-41-23-34-29(21-35(33)41)12-14-36-44(34)54-46(52-36)39-15-10-27(3)57(39)48(60)43(56-50(62)64-5)28-16-18-65-19-17-28/h11-14,20-21,23-24,26-28,31,38-40,42-43H,6-10,15-19,22,25H2,1-5H3,(H,51,53)(H,52,54)(H,55,61)(H,56,62)/t26-,27-,31-,38-,39-,40?,42-,43-/m0/s1. The predicted molar refractivity (Wildman–Crippen MR) is 246 cm³/mol. The van der Waals surface area contributed by atoms with E-state index in [9.17, 15) is 19.2 Å². The van der Waals surface area contributed by atoms with E-state index in [0.29, 0.717) is 38.6 Å². The van der Waals surface area contributed by atoms with Gasteiger partial charge in [0.25, 0.3) is 0 Å². The number of hydrogen-bond donors (Lipinski definition) is 4. The number of fused-ring (bicyclic) bond motifs is 7. The van der Waals surface area contributed by atoms with Crippen LogP contribution in [0.2, 0.25) is 0 Å². The molecule has 5 aliphatic rings. The van der Waals surface area contributed by atoms with E-state index in [2.05, 4.69) is 63.9 Å². The second kappa shape index (κ2) is 17.9. The number of hydrogen-bond acceptors (Lipinski definition) is 10. The van der Waals surface area contributed by atoms with E-state index < -0.39 is 24.3 Å². The van der Waals surface area contributed by atoms with Gasteiger partial charge < -0.3 is 49.3 Å². The number of nitrogens with one attached hydrogen (secondary N) is 4. The Balaban J connectivity index is 0.906. The number of carbonyl (C=O) groups is 4. The van der Waals surface area contributed by atoms with Crippen molar-refractivity contribution in [2.24, 2.45) is 17.8 Å². The third-order valence-electron chi connectivity index (χ3n) is 15.3. The quantitative estimate of drug-likeness (QED) is 0.107. The van der Waals surface area contributed by atoms with Crippen LogP contribution in [0.5, 0.6) is 5.75 Å². The first kappa shape index (κ1) is 43.7. The Bertz CT molecular complexity index is 2670. The minimum Gasteiger partial charge on any atom is -0.488 e. The molecule has 10 rings (SSSR count). The third-order valence-corrected chi connectivity index (χ3v) is 15.3. The Kier molecular flexibility index (Phi) is 11.9. The Morgan fingerprint density at radius 3 is 2.45 bits per heavy atom. The van der Waals surface area contributed by atoms with Crippen LogP contribution in [0.3, 0.4) is 0 Å². The molecule has 1 saturated carbocycles. The highest BCUT2D eigenvalue weighted by molar-refractivity contribution is 6.07. The van der Waals surface area contributed by atoms with Crippen LogP contribution in [0, 0.1) is 17.8 Å². The van der Waals surface area contributed by atoms with Gasteiger partial charge >= 0.3 is 12.2 Å². The fourth-order valence-electron chi connectivity index (χ4n) is 11.6. The average molecular weight is 901 g/mol. The molecule has 16 heteroatoms. The smallest absolute Gasteiger partial charge is 0.407 e. The lowest BCUT2D eigenvalue weighted by Crippen LogP contribution is -2.54. The van der Waals surface area contributed by atoms with Gasteiger partial charge in [0.15, 0.2) is 0 Å². The molecule has 66 heavy (non-hydrogen) atoms. The maximum Gasteiger partial charge on any atom is 0.407 e. The van der Waals surface area contributed by atoms with Gasteiger partial charge in [-0.05, 0) is 116 Å². The summed E-state index contributed by atoms with van der Waals surface area (Å²) in [4.78, 5) is 74.8. The summed E-state index contributed by atoms with van der Waals surface area (Å²) in [6.45, 7) is 7.55. The number of rotatable bonds is 10. The molecule has 4 amide bonds. The minimum atomic E-state index is -0.722. The van der Waals surface area contributed by atoms with Gasteiger partial charge in [0.2, 0.25) is 11.8 Å². The number of likely N-dealkylation sites (tertiary alicyclic amines) is 2. The Morgan fingerprint density at radius 2 is 1.67 bits per heavy atom. The molecule has 5 aromatic rings. The maximum atomic E-state index is 14.4. The summed E-state index contributed by atoms with van der Waals surface area (Å²) < 4.78 is 21.9. The summed E-state index contributed by atoms with van der Waals surface area (Å²) in [6.07, 6.45) is 8.21. The molecule has 4 aliphatic heterocycles. The SMILES string of the molecule is CC[C@H](C)[C@H](NC(=O)OC)C(=O)N1C(c2ncc(-c3ccc4c(c3)COc3cc5c(ccc6[nH]c([C@@H]7CC[C@H](C)N7C(=O)[C@@H](NC(=O)OC)C7CCOCC7)nc65)cc3-4)[nH]2)C[C@@H]2CCC[C@@H]21. The monoisotopic (exact) mass is 900 g/mol. The van der Waals surface area contributed by atoms with Crippen LogP contribution in [0.4, 0.5) is 9.59 Å². The van der Waals surface area contributed by atoms with Gasteiger partial charge in [-0.2, -0.15) is 0 Å². The van der Waals surface area contributed by atoms with Gasteiger partial charge in [0.05, 0.1) is 49.2 Å². The molecule has 16 nitrogen and oxygen atoms in total. The van der Waals surface area contributed by atoms with Crippen LogP contribution in [0.25, 0.3) is 44.2 Å². The summed E-state index contributed by atoms with van der Waals surface area (Å²) in [7, 11) is 2.64. The van der Waals surface area contributed by atoms with Crippen LogP contribution < -0.4 is 15.4 Å². The number of nitrogens with zero attached hydrogens (tertiary/aromatic N) is 4. The Labute approximate surface area is 383 Å². The van der Waals surface area contributed by atoms with E-state index in [-0.39, 0.29) is 47.8 Å². The minimum absolute atomic E-state index is 0.0378. The van der Waals surface area contributed by atoms with E-state index in [1.165, 1.54) is 14.2 Å². The number of aromatic nitrogens is 4. The zero-order valence-electron chi connectivity index (χ0n) is 38.4. The molecule has 0 radical (unpaired) electrons. The second-order valence-corrected chi connectivity index (χ2v) is 19.0. The van der Waals surface area contributed by atoms with E-state index in [1.54, 1.807) is 0 Å². The number of amides is 4. The van der Waals surface area contributed by atoms with E-state index in [4.69, 9.17) is 28.9 Å². The molecule has 348 valence electrons. The first-order valence-electron chi connectivity index (χ1n) is 23.7. The molecule has 8 atom stereocenters. The number of methoxy groups -OCH3 is 2. The topological polar surface area (TPSA) is 193 Å². The highest BCUT2D eigenvalue weighted by atomic mass is 16.5. The van der Waals surface area contributed by atoms with Gasteiger partial charge in [0.1, 0.15) is 36.1 Å². The first-order valence-corrected chi connectivity index (χ1v) is 23.7. The zero-order chi connectivity index (χ0) is 45.8. The van der Waals surface area contributed by atoms with E-state index >= 15 is 0 Å². The summed E-state index contributed by atoms with van der Waals surface area (Å²) in [5.41, 5.74) is 6.66. The number of aromatic amines is 2. The number of imidazole rings is 2. The maximum absolute atomic E-state index is 14.4. The van der Waals surface area contributed by atoms with Crippen molar-refractivity contribution in [3.05, 3.63) is 65.9 Å². The van der Waals surface area contributed by atoms with Crippen molar-refractivity contribution in [1.82, 2.24) is 40.4 Å². The molecular weight excluding hydrogens is 841 g/mol. The normalized spacial score (nSPS) is 24.0. The summed E-state index contributed by atoms with van der Waals surface area (Å²) in [5, 5.41) is 7.67. The molecule has 6 heterocycles. The number of benzene rings is 3. The zero-order valence-corrected chi connectivity index (χ0v) is 38.4. The highest BCUT2D eigenvalue weighted by Crippen LogP contribution is 2.48. The van der Waals surface area contributed by atoms with Crippen molar-refractivity contribution in [1.29, 1.82) is 0 Å². The Morgan fingerprint density at radius 1 is 0.864 bits per heavy atom. The van der Waals surface area contributed by atoms with Crippen LogP contribution in [-0.4, -0.2) is 105 Å². The molecule has 4 N–H and O–H groups in total. The van der Waals surface area contributed by atoms with E-state index in [1.807, 2.05) is 35.9 Å². The molecule has 0 bridgehead atoms. The lowest BCUT2D eigenvalue weighted by Gasteiger charge is -2.36. The summed E-state index contributed by atoms with van der Waals surface area (Å²) in [6, 6.07) is 12.9. The van der Waals surface area contributed by atoms with Crippen molar-refractivity contribution >= 4 is 45.8 Å². The molecule has 1 unspecified atom stereocenters. The molecular formula is C50H60N8O8. The van der Waals surface area contributed by atoms with Gasteiger partial charge in [0, 0.05) is 36.2 Å². The van der Waals surface area contributed by atoms with Crippen molar-refractivity contribution in [3.63, 3.8) is 0 Å². The van der Waals surface area contributed by atoms with Crippen molar-refractivity contribution in [2.45, 2.75) is 121 Å². The van der Waals surface area contributed by atoms with Gasteiger partial charge in [-0.3, -0.25) is 9.59 Å². The van der Waals surface area contributed by atoms with Gasteiger partial charge in [-0.1, -0.05) is 44.9 Å². The van der Waals surface area contributed by atoms with Crippen LogP contribution in [-0.2, 0) is 30.4 Å². The van der Waals surface area contributed by atoms with Crippen LogP contribution in [0.1, 0.15) is 108 Å². The summed E-state index contributed by atoms with van der Waals surface area (Å²) >= 11 is 0. The van der Waals surface area contributed by atoms with Gasteiger partial charge in [-0.25, -0.2) is 19.6 Å². The molecule has 2 aromatic heterocycles. The largest absolute Gasteiger partial charge is 0.488 e. The first-order chi connectivity index (χ1) is 32.0. The third kappa shape index (κ3) is 7.79. The second-order valence-electron chi connectivity index (χ2n) is 19.0. The lowest BCUT2D eigenvalue weighted by atomic mass is 9.90. The Hall–Kier alpha value is -6.16. The van der Waals surface area contributed by atoms with Crippen LogP contribution >= 0.6 is 0 Å². The summed E-state index contributed by atoms with van der Waals surface area (Å²) in [5.74, 6) is 2.31. The molecule has 3 saturated heterocycles. The van der Waals surface area contributed by atoms with E-state index in [0.717, 1.165) is 112 Å². The molecule has 3 aromatic carbocycles. The van der Waals surface area contributed by atoms with Gasteiger partial charge in [-0.15, -0.1) is 0 Å². The van der Waals surface area contributed by atoms with Crippen LogP contribution in [0.15, 0.2) is 48.7 Å². The molecule has 4 fully saturated rings. The average Bonchev–Trinajstić information content (AvgIpc) is 4.20. The number of carbonyl (C=O) groups excluding carboxylic acids is 4. The number of alkyl carbamates (subject to hydrolysis) is 2. The lowest BCUT2D eigenvalue weighted by molar-refractivity contribution is -0.139. The number of ether oxygens (including phenoxy) is 4. The fourth-order valence-corrected chi connectivity index (χ4v) is 11.6. The predicted octanol–water partition coefficient (Wildman–Crippen LogP) is 8.08.